The first kappa shape index (κ1) is 23.0. The smallest absolute Gasteiger partial charge is 0.319 e. The summed E-state index contributed by atoms with van der Waals surface area (Å²) in [4.78, 5) is 22.4. The maximum absolute atomic E-state index is 13.0. The lowest BCUT2D eigenvalue weighted by Crippen LogP contribution is -2.34. The topological polar surface area (TPSA) is 109 Å². The Morgan fingerprint density at radius 1 is 0.971 bits per heavy atom. The standard InChI is InChI=1S/C26H22N5O2S/c27-21(18-8-6-14-28-17-18)16-23(20-11-4-5-13-24(20)32)31-26(33)30-22-12-7-15-29-25(22)34-19-9-2-1-3-10-19/h1-15,17,23,32H,16H2,(H2,30,31,33)/q-1. The summed E-state index contributed by atoms with van der Waals surface area (Å²) >= 11 is 1.44. The highest BCUT2D eigenvalue weighted by Crippen LogP contribution is 2.32. The van der Waals surface area contributed by atoms with Crippen LogP contribution in [0, 0.1) is 0 Å². The van der Waals surface area contributed by atoms with Crippen LogP contribution in [0.15, 0.2) is 107 Å². The van der Waals surface area contributed by atoms with E-state index >= 15 is 0 Å². The molecule has 3 N–H and O–H groups in total. The summed E-state index contributed by atoms with van der Waals surface area (Å²) in [7, 11) is 0. The molecule has 0 saturated carbocycles. The molecule has 0 aliphatic heterocycles. The SMILES string of the molecule is [N-]=C(CC(NC(=O)Nc1cccnc1Sc1ccccc1)c1ccccc1O)c1cccnc1. The van der Waals surface area contributed by atoms with Crippen LogP contribution < -0.4 is 10.6 Å². The van der Waals surface area contributed by atoms with Crippen molar-refractivity contribution in [2.75, 3.05) is 5.32 Å². The number of carbonyl (C=O) groups excluding carboxylic acids is 1. The summed E-state index contributed by atoms with van der Waals surface area (Å²) in [6.45, 7) is 0. The molecule has 0 saturated heterocycles. The lowest BCUT2D eigenvalue weighted by atomic mass is 9.97. The van der Waals surface area contributed by atoms with Crippen molar-refractivity contribution in [1.82, 2.24) is 15.3 Å². The molecule has 34 heavy (non-hydrogen) atoms. The molecule has 0 bridgehead atoms. The van der Waals surface area contributed by atoms with Crippen molar-refractivity contribution < 1.29 is 9.90 Å². The monoisotopic (exact) mass is 468 g/mol. The largest absolute Gasteiger partial charge is 0.807 e. The molecule has 1 unspecified atom stereocenters. The number of pyridine rings is 2. The van der Waals surface area contributed by atoms with E-state index in [1.807, 2.05) is 30.3 Å². The van der Waals surface area contributed by atoms with Gasteiger partial charge in [-0.15, -0.1) is 0 Å². The fourth-order valence-electron chi connectivity index (χ4n) is 3.35. The number of anilines is 1. The van der Waals surface area contributed by atoms with Crippen molar-refractivity contribution in [3.05, 3.63) is 114 Å². The highest BCUT2D eigenvalue weighted by atomic mass is 32.2. The first-order valence-electron chi connectivity index (χ1n) is 10.6. The molecule has 1 atom stereocenters. The van der Waals surface area contributed by atoms with Crippen molar-refractivity contribution in [2.24, 2.45) is 0 Å². The number of nitrogens with zero attached hydrogens (tertiary/aromatic N) is 3. The number of para-hydroxylation sites is 1. The lowest BCUT2D eigenvalue weighted by molar-refractivity contribution is 0.248. The third-order valence-electron chi connectivity index (χ3n) is 4.99. The van der Waals surface area contributed by atoms with Crippen LogP contribution in [0.5, 0.6) is 5.75 Å². The summed E-state index contributed by atoms with van der Waals surface area (Å²) in [5, 5.41) is 27.4. The van der Waals surface area contributed by atoms with Crippen LogP contribution in [0.4, 0.5) is 10.5 Å². The Kier molecular flexibility index (Phi) is 7.52. The van der Waals surface area contributed by atoms with Crippen molar-refractivity contribution in [1.29, 1.82) is 0 Å². The van der Waals surface area contributed by atoms with Crippen molar-refractivity contribution in [3.63, 3.8) is 0 Å². The summed E-state index contributed by atoms with van der Waals surface area (Å²) < 4.78 is 0. The molecular weight excluding hydrogens is 446 g/mol. The molecule has 8 heteroatoms. The zero-order valence-corrected chi connectivity index (χ0v) is 18.9. The minimum atomic E-state index is -0.691. The number of hydrogen-bond donors (Lipinski definition) is 3. The molecule has 0 aliphatic carbocycles. The Balaban J connectivity index is 1.52. The van der Waals surface area contributed by atoms with Gasteiger partial charge in [-0.1, -0.05) is 54.2 Å². The molecule has 7 nitrogen and oxygen atoms in total. The summed E-state index contributed by atoms with van der Waals surface area (Å²) in [6.07, 6.45) is 4.89. The Labute approximate surface area is 201 Å². The first-order valence-corrected chi connectivity index (χ1v) is 11.4. The average Bonchev–Trinajstić information content (AvgIpc) is 2.86. The number of aromatic hydroxyl groups is 1. The van der Waals surface area contributed by atoms with Gasteiger partial charge in [0.15, 0.2) is 0 Å². The van der Waals surface area contributed by atoms with Crippen LogP contribution in [0.1, 0.15) is 23.6 Å². The van der Waals surface area contributed by atoms with Gasteiger partial charge in [-0.25, -0.2) is 9.78 Å². The van der Waals surface area contributed by atoms with Crippen LogP contribution in [0.2, 0.25) is 0 Å². The first-order chi connectivity index (χ1) is 16.6. The molecule has 2 heterocycles. The molecule has 0 radical (unpaired) electrons. The second kappa shape index (κ2) is 11.1. The molecule has 2 amide bonds. The highest BCUT2D eigenvalue weighted by molar-refractivity contribution is 7.99. The molecule has 2 aromatic heterocycles. The van der Waals surface area contributed by atoms with Gasteiger partial charge in [-0.05, 0) is 48.4 Å². The zero-order valence-electron chi connectivity index (χ0n) is 18.1. The van der Waals surface area contributed by atoms with Gasteiger partial charge in [0.05, 0.1) is 11.7 Å². The molecule has 0 spiro atoms. The van der Waals surface area contributed by atoms with Crippen LogP contribution in [-0.4, -0.2) is 26.8 Å². The Hall–Kier alpha value is -4.17. The molecule has 2 aromatic carbocycles. The third kappa shape index (κ3) is 5.99. The normalized spacial score (nSPS) is 11.4. The lowest BCUT2D eigenvalue weighted by Gasteiger charge is -2.24. The fraction of sp³-hybridized carbons (Fsp3) is 0.0769. The minimum Gasteiger partial charge on any atom is -0.807 e. The third-order valence-corrected chi connectivity index (χ3v) is 6.01. The van der Waals surface area contributed by atoms with Gasteiger partial charge in [0.1, 0.15) is 10.8 Å². The Morgan fingerprint density at radius 3 is 2.50 bits per heavy atom. The number of phenolic OH excluding ortho intramolecular Hbond substituents is 1. The van der Waals surface area contributed by atoms with Crippen molar-refractivity contribution in [2.45, 2.75) is 22.4 Å². The number of hydrogen-bond acceptors (Lipinski definition) is 5. The quantitative estimate of drug-likeness (QED) is 0.290. The molecule has 4 rings (SSSR count). The van der Waals surface area contributed by atoms with E-state index in [1.165, 1.54) is 11.8 Å². The molecular formula is C26H22N5O2S-. The van der Waals surface area contributed by atoms with Gasteiger partial charge in [-0.2, -0.15) is 5.71 Å². The number of benzene rings is 2. The molecule has 0 aliphatic rings. The molecule has 4 aromatic rings. The van der Waals surface area contributed by atoms with Gasteiger partial charge in [0, 0.05) is 29.0 Å². The number of amides is 2. The molecule has 0 fully saturated rings. The van der Waals surface area contributed by atoms with E-state index in [4.69, 9.17) is 0 Å². The van der Waals surface area contributed by atoms with Crippen LogP contribution in [-0.2, 0) is 0 Å². The van der Waals surface area contributed by atoms with E-state index in [1.54, 1.807) is 67.1 Å². The van der Waals surface area contributed by atoms with Gasteiger partial charge in [-0.3, -0.25) is 4.98 Å². The van der Waals surface area contributed by atoms with E-state index in [2.05, 4.69) is 20.6 Å². The minimum absolute atomic E-state index is 0.0217. The maximum Gasteiger partial charge on any atom is 0.319 e. The van der Waals surface area contributed by atoms with Crippen LogP contribution >= 0.6 is 11.8 Å². The van der Waals surface area contributed by atoms with Gasteiger partial charge in [0.25, 0.3) is 0 Å². The predicted octanol–water partition coefficient (Wildman–Crippen LogP) is 5.65. The fourth-order valence-corrected chi connectivity index (χ4v) is 4.21. The highest BCUT2D eigenvalue weighted by Gasteiger charge is 2.19. The van der Waals surface area contributed by atoms with Gasteiger partial charge < -0.3 is 21.1 Å². The van der Waals surface area contributed by atoms with E-state index in [-0.39, 0.29) is 17.9 Å². The van der Waals surface area contributed by atoms with E-state index in [0.717, 1.165) is 4.90 Å². The van der Waals surface area contributed by atoms with Gasteiger partial charge >= 0.3 is 6.03 Å². The number of urea groups is 1. The van der Waals surface area contributed by atoms with E-state index in [9.17, 15) is 15.3 Å². The van der Waals surface area contributed by atoms with Crippen LogP contribution in [0.25, 0.3) is 5.41 Å². The summed E-state index contributed by atoms with van der Waals surface area (Å²) in [5.41, 5.74) is 1.62. The number of rotatable bonds is 8. The van der Waals surface area contributed by atoms with E-state index in [0.29, 0.717) is 21.8 Å². The van der Waals surface area contributed by atoms with E-state index < -0.39 is 12.1 Å². The van der Waals surface area contributed by atoms with Crippen LogP contribution in [0.3, 0.4) is 0 Å². The summed E-state index contributed by atoms with van der Waals surface area (Å²) in [5.74, 6) is 0.0217. The average molecular weight is 469 g/mol. The Morgan fingerprint density at radius 2 is 1.74 bits per heavy atom. The number of carbonyl (C=O) groups is 1. The number of nitrogens with one attached hydrogen (secondary N) is 2. The summed E-state index contributed by atoms with van der Waals surface area (Å²) in [6, 6.07) is 22.2. The van der Waals surface area contributed by atoms with Gasteiger partial charge in [0.2, 0.25) is 0 Å². The molecule has 170 valence electrons. The van der Waals surface area contributed by atoms with Crippen molar-refractivity contribution in [3.8, 4) is 5.75 Å². The number of aromatic nitrogens is 2. The zero-order chi connectivity index (χ0) is 23.8. The van der Waals surface area contributed by atoms with Crippen molar-refractivity contribution >= 4 is 29.2 Å². The number of phenols is 1. The Bertz CT molecular complexity index is 1270. The second-order valence-corrected chi connectivity index (χ2v) is 8.44. The second-order valence-electron chi connectivity index (χ2n) is 7.37. The predicted molar refractivity (Wildman–Crippen MR) is 134 cm³/mol. The maximum atomic E-state index is 13.0.